The first-order valence-corrected chi connectivity index (χ1v) is 6.34. The SMILES string of the molecule is CCC(CO)(CO)CCS(C)(=O)=O. The zero-order chi connectivity index (χ0) is 10.5. The lowest BCUT2D eigenvalue weighted by molar-refractivity contribution is 0.0487. The van der Waals surface area contributed by atoms with Crippen LogP contribution in [0.25, 0.3) is 0 Å². The fraction of sp³-hybridized carbons (Fsp3) is 1.00. The summed E-state index contributed by atoms with van der Waals surface area (Å²) in [7, 11) is -3.01. The highest BCUT2D eigenvalue weighted by atomic mass is 32.2. The molecule has 2 N–H and O–H groups in total. The number of hydrogen-bond acceptors (Lipinski definition) is 4. The molecule has 0 spiro atoms. The van der Waals surface area contributed by atoms with E-state index in [9.17, 15) is 8.42 Å². The van der Waals surface area contributed by atoms with Crippen LogP contribution < -0.4 is 0 Å². The lowest BCUT2D eigenvalue weighted by Crippen LogP contribution is -2.31. The highest BCUT2D eigenvalue weighted by molar-refractivity contribution is 7.90. The minimum absolute atomic E-state index is 0.0158. The van der Waals surface area contributed by atoms with Crippen LogP contribution in [0.2, 0.25) is 0 Å². The van der Waals surface area contributed by atoms with E-state index in [1.807, 2.05) is 6.92 Å². The molecule has 0 aromatic heterocycles. The maximum absolute atomic E-state index is 10.9. The van der Waals surface area contributed by atoms with E-state index in [0.717, 1.165) is 6.26 Å². The van der Waals surface area contributed by atoms with Crippen molar-refractivity contribution in [1.82, 2.24) is 0 Å². The fourth-order valence-electron chi connectivity index (χ4n) is 1.01. The second-order valence-corrected chi connectivity index (χ2v) is 5.81. The molecule has 0 saturated heterocycles. The lowest BCUT2D eigenvalue weighted by atomic mass is 9.84. The van der Waals surface area contributed by atoms with Crippen LogP contribution in [0.4, 0.5) is 0 Å². The van der Waals surface area contributed by atoms with Crippen LogP contribution >= 0.6 is 0 Å². The topological polar surface area (TPSA) is 74.6 Å². The number of aliphatic hydroxyl groups excluding tert-OH is 2. The van der Waals surface area contributed by atoms with Gasteiger partial charge in [0.05, 0.1) is 19.0 Å². The van der Waals surface area contributed by atoms with Gasteiger partial charge in [-0.1, -0.05) is 6.92 Å². The molecule has 0 aromatic carbocycles. The largest absolute Gasteiger partial charge is 0.396 e. The van der Waals surface area contributed by atoms with Gasteiger partial charge in [-0.3, -0.25) is 0 Å². The van der Waals surface area contributed by atoms with Crippen LogP contribution in [-0.2, 0) is 9.84 Å². The molecule has 0 amide bonds. The van der Waals surface area contributed by atoms with Crippen LogP contribution in [0, 0.1) is 5.41 Å². The zero-order valence-corrected chi connectivity index (χ0v) is 8.97. The second-order valence-electron chi connectivity index (χ2n) is 3.55. The summed E-state index contributed by atoms with van der Waals surface area (Å²) in [6.45, 7) is 1.49. The van der Waals surface area contributed by atoms with E-state index in [4.69, 9.17) is 10.2 Å². The van der Waals surface area contributed by atoms with Gasteiger partial charge in [-0.05, 0) is 12.8 Å². The summed E-state index contributed by atoms with van der Waals surface area (Å²) in [6.07, 6.45) is 2.05. The van der Waals surface area contributed by atoms with Crippen molar-refractivity contribution < 1.29 is 18.6 Å². The normalized spacial score (nSPS) is 13.2. The van der Waals surface area contributed by atoms with Crippen LogP contribution in [0.3, 0.4) is 0 Å². The molecule has 80 valence electrons. The molecule has 0 aliphatic carbocycles. The van der Waals surface area contributed by atoms with Crippen molar-refractivity contribution in [2.75, 3.05) is 25.2 Å². The lowest BCUT2D eigenvalue weighted by Gasteiger charge is -2.27. The van der Waals surface area contributed by atoms with Crippen molar-refractivity contribution in [3.05, 3.63) is 0 Å². The average molecular weight is 210 g/mol. The highest BCUT2D eigenvalue weighted by Gasteiger charge is 2.27. The van der Waals surface area contributed by atoms with E-state index in [-0.39, 0.29) is 19.0 Å². The van der Waals surface area contributed by atoms with E-state index in [2.05, 4.69) is 0 Å². The summed E-state index contributed by atoms with van der Waals surface area (Å²) in [4.78, 5) is 0. The molecule has 0 bridgehead atoms. The van der Waals surface area contributed by atoms with E-state index >= 15 is 0 Å². The Bertz CT molecular complexity index is 220. The predicted molar refractivity (Wildman–Crippen MR) is 51.2 cm³/mol. The van der Waals surface area contributed by atoms with Crippen molar-refractivity contribution in [3.63, 3.8) is 0 Å². The van der Waals surface area contributed by atoms with Gasteiger partial charge in [0.1, 0.15) is 9.84 Å². The summed E-state index contributed by atoms with van der Waals surface area (Å²) in [5.41, 5.74) is -0.636. The molecule has 0 rings (SSSR count). The number of rotatable bonds is 6. The number of sulfone groups is 1. The standard InChI is InChI=1S/C8H18O4S/c1-3-8(6-9,7-10)4-5-13(2,11)12/h9-10H,3-7H2,1-2H3. The first-order valence-electron chi connectivity index (χ1n) is 4.28. The van der Waals surface area contributed by atoms with Gasteiger partial charge in [-0.25, -0.2) is 8.42 Å². The third kappa shape index (κ3) is 4.59. The Morgan fingerprint density at radius 3 is 1.92 bits per heavy atom. The van der Waals surface area contributed by atoms with Gasteiger partial charge < -0.3 is 10.2 Å². The molecule has 0 atom stereocenters. The van der Waals surface area contributed by atoms with E-state index in [1.54, 1.807) is 0 Å². The molecular weight excluding hydrogens is 192 g/mol. The second kappa shape index (κ2) is 4.93. The van der Waals surface area contributed by atoms with Gasteiger partial charge in [-0.2, -0.15) is 0 Å². The summed E-state index contributed by atoms with van der Waals surface area (Å²) >= 11 is 0. The summed E-state index contributed by atoms with van der Waals surface area (Å²) in [5, 5.41) is 18.0. The van der Waals surface area contributed by atoms with E-state index < -0.39 is 15.3 Å². The average Bonchev–Trinajstić information content (AvgIpc) is 2.06. The Labute approximate surface area is 79.5 Å². The zero-order valence-electron chi connectivity index (χ0n) is 8.15. The molecule has 0 aromatic rings. The molecule has 13 heavy (non-hydrogen) atoms. The molecule has 0 aliphatic rings. The van der Waals surface area contributed by atoms with Crippen LogP contribution in [0.15, 0.2) is 0 Å². The van der Waals surface area contributed by atoms with Crippen molar-refractivity contribution >= 4 is 9.84 Å². The minimum Gasteiger partial charge on any atom is -0.396 e. The van der Waals surface area contributed by atoms with Gasteiger partial charge in [0, 0.05) is 11.7 Å². The van der Waals surface area contributed by atoms with Crippen molar-refractivity contribution in [2.24, 2.45) is 5.41 Å². The Balaban J connectivity index is 4.27. The van der Waals surface area contributed by atoms with Crippen LogP contribution in [0.1, 0.15) is 19.8 Å². The maximum atomic E-state index is 10.9. The quantitative estimate of drug-likeness (QED) is 0.637. The first-order chi connectivity index (χ1) is 5.89. The van der Waals surface area contributed by atoms with Crippen LogP contribution in [-0.4, -0.2) is 43.9 Å². The Hall–Kier alpha value is -0.130. The third-order valence-corrected chi connectivity index (χ3v) is 3.37. The molecule has 5 heteroatoms. The van der Waals surface area contributed by atoms with E-state index in [1.165, 1.54) is 0 Å². The summed E-state index contributed by atoms with van der Waals surface area (Å²) in [5.74, 6) is 0.0158. The van der Waals surface area contributed by atoms with Crippen molar-refractivity contribution in [2.45, 2.75) is 19.8 Å². The smallest absolute Gasteiger partial charge is 0.147 e. The minimum atomic E-state index is -3.01. The first kappa shape index (κ1) is 12.9. The van der Waals surface area contributed by atoms with Gasteiger partial charge >= 0.3 is 0 Å². The van der Waals surface area contributed by atoms with Gasteiger partial charge in [0.25, 0.3) is 0 Å². The van der Waals surface area contributed by atoms with E-state index in [0.29, 0.717) is 12.8 Å². The highest BCUT2D eigenvalue weighted by Crippen LogP contribution is 2.25. The van der Waals surface area contributed by atoms with Gasteiger partial charge in [0.15, 0.2) is 0 Å². The molecule has 0 unspecified atom stereocenters. The molecule has 0 saturated carbocycles. The van der Waals surface area contributed by atoms with Crippen LogP contribution in [0.5, 0.6) is 0 Å². The Kier molecular flexibility index (Phi) is 4.88. The summed E-state index contributed by atoms with van der Waals surface area (Å²) < 4.78 is 21.7. The van der Waals surface area contributed by atoms with Crippen molar-refractivity contribution in [1.29, 1.82) is 0 Å². The Morgan fingerprint density at radius 1 is 1.23 bits per heavy atom. The van der Waals surface area contributed by atoms with Crippen molar-refractivity contribution in [3.8, 4) is 0 Å². The number of hydrogen-bond donors (Lipinski definition) is 2. The molecule has 0 radical (unpaired) electrons. The molecule has 0 aliphatic heterocycles. The Morgan fingerprint density at radius 2 is 1.69 bits per heavy atom. The van der Waals surface area contributed by atoms with Gasteiger partial charge in [0.2, 0.25) is 0 Å². The molecule has 0 heterocycles. The number of aliphatic hydroxyl groups is 2. The fourth-order valence-corrected chi connectivity index (χ4v) is 1.81. The maximum Gasteiger partial charge on any atom is 0.147 e. The summed E-state index contributed by atoms with van der Waals surface area (Å²) in [6, 6.07) is 0. The van der Waals surface area contributed by atoms with Gasteiger partial charge in [-0.15, -0.1) is 0 Å². The molecule has 4 nitrogen and oxygen atoms in total. The monoisotopic (exact) mass is 210 g/mol. The predicted octanol–water partition coefficient (Wildman–Crippen LogP) is -0.198. The molecule has 0 fully saturated rings. The third-order valence-electron chi connectivity index (χ3n) is 2.42. The molecular formula is C8H18O4S.